The van der Waals surface area contributed by atoms with E-state index in [-0.39, 0.29) is 51.4 Å². The molecule has 0 N–H and O–H groups in total. The molecule has 2 aromatic rings. The van der Waals surface area contributed by atoms with Crippen LogP contribution in [0.3, 0.4) is 0 Å². The number of hydrogen-bond donors (Lipinski definition) is 0. The van der Waals surface area contributed by atoms with Crippen LogP contribution in [0.2, 0.25) is 0 Å². The molecule has 1 heterocycles. The van der Waals surface area contributed by atoms with E-state index in [1.54, 1.807) is 4.90 Å². The molecule has 1 amide bonds. The van der Waals surface area contributed by atoms with Crippen molar-refractivity contribution in [2.75, 3.05) is 4.90 Å². The second-order valence-electron chi connectivity index (χ2n) is 6.37. The number of hydrogen-bond acceptors (Lipinski definition) is 1. The second kappa shape index (κ2) is 8.11. The van der Waals surface area contributed by atoms with Gasteiger partial charge in [-0.15, -0.1) is 6.07 Å². The van der Waals surface area contributed by atoms with Crippen LogP contribution >= 0.6 is 0 Å². The number of amides is 1. The quantitative estimate of drug-likeness (QED) is 0.573. The molecule has 4 rings (SSSR count). The Balaban J connectivity index is 0.00000169. The fourth-order valence-electron chi connectivity index (χ4n) is 3.93. The van der Waals surface area contributed by atoms with Crippen molar-refractivity contribution in [2.24, 2.45) is 0 Å². The van der Waals surface area contributed by atoms with Crippen LogP contribution in [0.4, 0.5) is 5.69 Å². The molecule has 2 aliphatic rings. The van der Waals surface area contributed by atoms with E-state index >= 15 is 0 Å². The maximum atomic E-state index is 11.6. The SMILES string of the molecule is O=[C-]N1Cc2ccccc2C2=C(CCCCC2)c2ccccc21.[K+]. The van der Waals surface area contributed by atoms with Gasteiger partial charge in [-0.05, 0) is 42.4 Å². The molecule has 0 fully saturated rings. The van der Waals surface area contributed by atoms with Crippen LogP contribution in [0, 0.1) is 0 Å². The van der Waals surface area contributed by atoms with E-state index in [0.717, 1.165) is 18.5 Å². The number of allylic oxidation sites excluding steroid dienone is 2. The molecular formula is C21H20KNO. The Morgan fingerprint density at radius 1 is 0.792 bits per heavy atom. The Morgan fingerprint density at radius 3 is 2.17 bits per heavy atom. The van der Waals surface area contributed by atoms with Crippen molar-refractivity contribution in [3.05, 3.63) is 65.2 Å². The molecule has 0 bridgehead atoms. The first kappa shape index (κ1) is 18.1. The van der Waals surface area contributed by atoms with E-state index in [1.807, 2.05) is 12.1 Å². The minimum absolute atomic E-state index is 0. The van der Waals surface area contributed by atoms with Gasteiger partial charge in [0, 0.05) is 6.54 Å². The molecule has 3 heteroatoms. The molecule has 116 valence electrons. The van der Waals surface area contributed by atoms with Gasteiger partial charge in [0.1, 0.15) is 0 Å². The molecule has 0 spiro atoms. The molecule has 24 heavy (non-hydrogen) atoms. The van der Waals surface area contributed by atoms with Crippen molar-refractivity contribution in [1.82, 2.24) is 0 Å². The van der Waals surface area contributed by atoms with Gasteiger partial charge >= 0.3 is 51.4 Å². The van der Waals surface area contributed by atoms with E-state index in [9.17, 15) is 4.79 Å². The Kier molecular flexibility index (Phi) is 6.11. The first-order chi connectivity index (χ1) is 11.4. The fourth-order valence-corrected chi connectivity index (χ4v) is 3.93. The third-order valence-corrected chi connectivity index (χ3v) is 5.02. The van der Waals surface area contributed by atoms with Gasteiger partial charge in [-0.2, -0.15) is 0 Å². The van der Waals surface area contributed by atoms with Crippen molar-refractivity contribution in [3.63, 3.8) is 0 Å². The minimum atomic E-state index is 0. The van der Waals surface area contributed by atoms with Crippen molar-refractivity contribution < 1.29 is 56.2 Å². The Bertz CT molecular complexity index is 781. The summed E-state index contributed by atoms with van der Waals surface area (Å²) in [6.45, 7) is 0.591. The van der Waals surface area contributed by atoms with Crippen LogP contribution < -0.4 is 56.3 Å². The topological polar surface area (TPSA) is 20.3 Å². The molecule has 0 atom stereocenters. The van der Waals surface area contributed by atoms with E-state index in [2.05, 4.69) is 42.8 Å². The van der Waals surface area contributed by atoms with Crippen molar-refractivity contribution in [3.8, 4) is 0 Å². The number of anilines is 1. The summed E-state index contributed by atoms with van der Waals surface area (Å²) in [5, 5.41) is 0. The van der Waals surface area contributed by atoms with Gasteiger partial charge in [0.15, 0.2) is 0 Å². The van der Waals surface area contributed by atoms with Gasteiger partial charge in [-0.25, -0.2) is 0 Å². The third-order valence-electron chi connectivity index (χ3n) is 5.02. The molecule has 0 saturated heterocycles. The molecule has 0 unspecified atom stereocenters. The third kappa shape index (κ3) is 3.33. The summed E-state index contributed by atoms with van der Waals surface area (Å²) in [5.41, 5.74) is 7.65. The number of carbonyl (C=O) groups excluding carboxylic acids is 1. The van der Waals surface area contributed by atoms with Crippen molar-refractivity contribution in [2.45, 2.75) is 38.6 Å². The maximum absolute atomic E-state index is 11.6. The first-order valence-electron chi connectivity index (χ1n) is 8.43. The monoisotopic (exact) mass is 341 g/mol. The van der Waals surface area contributed by atoms with E-state index in [0.29, 0.717) is 6.54 Å². The molecule has 1 aliphatic carbocycles. The summed E-state index contributed by atoms with van der Waals surface area (Å²) in [7, 11) is 0. The average Bonchev–Trinajstić information content (AvgIpc) is 2.84. The first-order valence-corrected chi connectivity index (χ1v) is 8.43. The largest absolute Gasteiger partial charge is 1.00 e. The van der Waals surface area contributed by atoms with Crippen LogP contribution in [-0.2, 0) is 11.3 Å². The van der Waals surface area contributed by atoms with Crippen molar-refractivity contribution in [1.29, 1.82) is 0 Å². The summed E-state index contributed by atoms with van der Waals surface area (Å²) in [6, 6.07) is 16.8. The predicted octanol–water partition coefficient (Wildman–Crippen LogP) is 1.95. The average molecular weight is 341 g/mol. The number of para-hydroxylation sites is 1. The van der Waals surface area contributed by atoms with Gasteiger partial charge in [-0.3, -0.25) is 0 Å². The van der Waals surface area contributed by atoms with E-state index in [4.69, 9.17) is 0 Å². The van der Waals surface area contributed by atoms with Gasteiger partial charge in [0.25, 0.3) is 0 Å². The van der Waals surface area contributed by atoms with Gasteiger partial charge < -0.3 is 9.69 Å². The zero-order valence-corrected chi connectivity index (χ0v) is 17.3. The van der Waals surface area contributed by atoms with E-state index < -0.39 is 0 Å². The zero-order valence-electron chi connectivity index (χ0n) is 14.2. The molecule has 2 nitrogen and oxygen atoms in total. The van der Waals surface area contributed by atoms with Crippen LogP contribution in [-0.4, -0.2) is 6.41 Å². The number of nitrogens with zero attached hydrogens (tertiary/aromatic N) is 1. The molecular weight excluding hydrogens is 321 g/mol. The fraction of sp³-hybridized carbons (Fsp3) is 0.286. The van der Waals surface area contributed by atoms with Crippen LogP contribution in [0.25, 0.3) is 11.1 Å². The smallest absolute Gasteiger partial charge is 0.473 e. The number of benzene rings is 2. The van der Waals surface area contributed by atoms with Crippen LogP contribution in [0.5, 0.6) is 0 Å². The van der Waals surface area contributed by atoms with Crippen LogP contribution in [0.15, 0.2) is 48.5 Å². The van der Waals surface area contributed by atoms with Gasteiger partial charge in [0.05, 0.1) is 6.41 Å². The molecule has 2 aromatic carbocycles. The molecule has 0 radical (unpaired) electrons. The summed E-state index contributed by atoms with van der Waals surface area (Å²) >= 11 is 0. The zero-order chi connectivity index (χ0) is 15.6. The summed E-state index contributed by atoms with van der Waals surface area (Å²) < 4.78 is 0. The molecule has 0 aromatic heterocycles. The summed E-state index contributed by atoms with van der Waals surface area (Å²) in [4.78, 5) is 13.3. The summed E-state index contributed by atoms with van der Waals surface area (Å²) in [5.74, 6) is 0. The minimum Gasteiger partial charge on any atom is -0.473 e. The Hall–Kier alpha value is -0.714. The summed E-state index contributed by atoms with van der Waals surface area (Å²) in [6.07, 6.45) is 8.11. The normalized spacial score (nSPS) is 16.6. The Morgan fingerprint density at radius 2 is 1.42 bits per heavy atom. The standard InChI is InChI=1S/C21H20NO.K/c23-15-22-14-16-8-4-5-9-17(16)18-10-2-1-3-11-19(18)20-12-6-7-13-21(20)22;/h4-9,12-13H,1-3,10-11,14H2;/q-1;+1. The molecule has 1 aliphatic heterocycles. The second-order valence-corrected chi connectivity index (χ2v) is 6.37. The number of rotatable bonds is 1. The van der Waals surface area contributed by atoms with E-state index in [1.165, 1.54) is 47.1 Å². The van der Waals surface area contributed by atoms with Gasteiger partial charge in [0.2, 0.25) is 0 Å². The van der Waals surface area contributed by atoms with Gasteiger partial charge in [-0.1, -0.05) is 65.7 Å². The van der Waals surface area contributed by atoms with Crippen LogP contribution in [0.1, 0.15) is 48.8 Å². The maximum Gasteiger partial charge on any atom is 1.00 e. The Labute approximate surface area is 186 Å². The van der Waals surface area contributed by atoms with Crippen molar-refractivity contribution >= 4 is 23.2 Å². The number of fused-ring (bicyclic) bond motifs is 4. The molecule has 0 saturated carbocycles. The predicted molar refractivity (Wildman–Crippen MR) is 94.7 cm³/mol.